The topological polar surface area (TPSA) is 64.7 Å². The van der Waals surface area contributed by atoms with Gasteiger partial charge < -0.3 is 5.73 Å². The Hall–Kier alpha value is -1.97. The summed E-state index contributed by atoms with van der Waals surface area (Å²) < 4.78 is 0. The van der Waals surface area contributed by atoms with Gasteiger partial charge >= 0.3 is 0 Å². The molecule has 0 amide bonds. The van der Waals surface area contributed by atoms with E-state index in [4.69, 9.17) is 5.73 Å². The van der Waals surface area contributed by atoms with Crippen molar-refractivity contribution in [2.45, 2.75) is 0 Å². The summed E-state index contributed by atoms with van der Waals surface area (Å²) in [6, 6.07) is 8.41. The van der Waals surface area contributed by atoms with E-state index in [0.717, 1.165) is 5.56 Å². The van der Waals surface area contributed by atoms with Gasteiger partial charge in [0.05, 0.1) is 0 Å². The molecule has 2 aromatic rings. The van der Waals surface area contributed by atoms with Gasteiger partial charge in [-0.2, -0.15) is 0 Å². The first kappa shape index (κ1) is 7.67. The van der Waals surface area contributed by atoms with Crippen LogP contribution in [0.5, 0.6) is 0 Å². The normalized spacial score (nSPS) is 9.85. The lowest BCUT2D eigenvalue weighted by Crippen LogP contribution is -1.91. The number of nitrogen functional groups attached to an aromatic ring is 1. The van der Waals surface area contributed by atoms with Crippen molar-refractivity contribution in [1.82, 2.24) is 15.0 Å². The molecule has 13 heavy (non-hydrogen) atoms. The van der Waals surface area contributed by atoms with Crippen LogP contribution in [0.25, 0.3) is 11.4 Å². The van der Waals surface area contributed by atoms with Crippen molar-refractivity contribution in [3.8, 4) is 11.4 Å². The lowest BCUT2D eigenvalue weighted by molar-refractivity contribution is 1.06. The maximum Gasteiger partial charge on any atom is 0.163 e. The van der Waals surface area contributed by atoms with Crippen LogP contribution >= 0.6 is 0 Å². The fraction of sp³-hybridized carbons (Fsp3) is 0. The Morgan fingerprint density at radius 1 is 1.15 bits per heavy atom. The molecule has 1 aromatic carbocycles. The second-order valence-corrected chi connectivity index (χ2v) is 2.48. The zero-order valence-electron chi connectivity index (χ0n) is 6.81. The van der Waals surface area contributed by atoms with Crippen molar-refractivity contribution < 1.29 is 0 Å². The second-order valence-electron chi connectivity index (χ2n) is 2.48. The molecule has 0 aliphatic rings. The van der Waals surface area contributed by atoms with Crippen LogP contribution in [0.3, 0.4) is 0 Å². The number of anilines is 1. The molecule has 4 heteroatoms. The Bertz CT molecular complexity index is 399. The fourth-order valence-electron chi connectivity index (χ4n) is 0.996. The van der Waals surface area contributed by atoms with Crippen molar-refractivity contribution in [1.29, 1.82) is 0 Å². The van der Waals surface area contributed by atoms with Crippen molar-refractivity contribution >= 4 is 5.69 Å². The molecular formula is C9H7N4. The summed E-state index contributed by atoms with van der Waals surface area (Å²) in [6.45, 7) is 0. The number of nitrogens with zero attached hydrogens (tertiary/aromatic N) is 3. The molecule has 0 fully saturated rings. The number of hydrogen-bond acceptors (Lipinski definition) is 4. The molecule has 2 rings (SSSR count). The molecule has 1 aromatic heterocycles. The van der Waals surface area contributed by atoms with Gasteiger partial charge in [0.1, 0.15) is 12.7 Å². The molecule has 0 saturated carbocycles. The van der Waals surface area contributed by atoms with Crippen molar-refractivity contribution in [2.24, 2.45) is 0 Å². The molecule has 0 aliphatic heterocycles. The molecule has 0 unspecified atom stereocenters. The zero-order chi connectivity index (χ0) is 9.10. The van der Waals surface area contributed by atoms with Crippen molar-refractivity contribution in [2.75, 3.05) is 5.73 Å². The highest BCUT2D eigenvalue weighted by Crippen LogP contribution is 2.14. The highest BCUT2D eigenvalue weighted by Gasteiger charge is 1.99. The third-order valence-corrected chi connectivity index (χ3v) is 1.55. The minimum absolute atomic E-state index is 0.581. The van der Waals surface area contributed by atoms with Crippen LogP contribution in [-0.2, 0) is 0 Å². The summed E-state index contributed by atoms with van der Waals surface area (Å²) in [7, 11) is 0. The molecule has 2 N–H and O–H groups in total. The first-order valence-corrected chi connectivity index (χ1v) is 3.76. The van der Waals surface area contributed by atoms with Crippen LogP contribution in [-0.4, -0.2) is 15.0 Å². The summed E-state index contributed by atoms with van der Waals surface area (Å²) in [5, 5.41) is 0. The predicted molar refractivity (Wildman–Crippen MR) is 48.5 cm³/mol. The van der Waals surface area contributed by atoms with Crippen LogP contribution in [0.2, 0.25) is 0 Å². The smallest absolute Gasteiger partial charge is 0.163 e. The number of hydrogen-bond donors (Lipinski definition) is 1. The summed E-state index contributed by atoms with van der Waals surface area (Å²) in [6.07, 6.45) is 2.89. The van der Waals surface area contributed by atoms with Gasteiger partial charge in [0, 0.05) is 17.3 Å². The Morgan fingerprint density at radius 2 is 1.92 bits per heavy atom. The van der Waals surface area contributed by atoms with E-state index in [-0.39, 0.29) is 0 Å². The van der Waals surface area contributed by atoms with Gasteiger partial charge in [-0.25, -0.2) is 15.0 Å². The van der Waals surface area contributed by atoms with E-state index >= 15 is 0 Å². The van der Waals surface area contributed by atoms with Gasteiger partial charge in [-0.3, -0.25) is 0 Å². The van der Waals surface area contributed by atoms with E-state index in [2.05, 4.69) is 21.0 Å². The lowest BCUT2D eigenvalue weighted by atomic mass is 10.2. The van der Waals surface area contributed by atoms with Gasteiger partial charge in [-0.15, -0.1) is 0 Å². The standard InChI is InChI=1S/C9H7N4/c10-8-3-1-2-7(4-8)9-12-5-11-6-13-9/h1-3,5-6H,10H2. The first-order chi connectivity index (χ1) is 6.36. The van der Waals surface area contributed by atoms with E-state index in [9.17, 15) is 0 Å². The van der Waals surface area contributed by atoms with Crippen LogP contribution in [0.15, 0.2) is 30.9 Å². The van der Waals surface area contributed by atoms with E-state index < -0.39 is 0 Å². The molecule has 1 radical (unpaired) electrons. The van der Waals surface area contributed by atoms with Crippen LogP contribution in [0.1, 0.15) is 0 Å². The summed E-state index contributed by atoms with van der Waals surface area (Å²) >= 11 is 0. The Labute approximate surface area is 75.5 Å². The Kier molecular flexibility index (Phi) is 1.88. The minimum atomic E-state index is 0.581. The molecule has 4 nitrogen and oxygen atoms in total. The maximum absolute atomic E-state index is 5.57. The number of benzene rings is 1. The molecule has 0 aliphatic carbocycles. The molecule has 0 saturated heterocycles. The Balaban J connectivity index is 2.48. The molecule has 0 bridgehead atoms. The van der Waals surface area contributed by atoms with Gasteiger partial charge in [0.15, 0.2) is 5.82 Å². The van der Waals surface area contributed by atoms with Crippen LogP contribution < -0.4 is 5.73 Å². The van der Waals surface area contributed by atoms with Crippen molar-refractivity contribution in [3.05, 3.63) is 36.9 Å². The third-order valence-electron chi connectivity index (χ3n) is 1.55. The fourth-order valence-corrected chi connectivity index (χ4v) is 0.996. The molecule has 0 spiro atoms. The van der Waals surface area contributed by atoms with Crippen LogP contribution in [0, 0.1) is 6.07 Å². The lowest BCUT2D eigenvalue weighted by Gasteiger charge is -1.98. The average Bonchev–Trinajstić information content (AvgIpc) is 2.19. The monoisotopic (exact) mass is 171 g/mol. The number of aromatic nitrogens is 3. The third kappa shape index (κ3) is 1.61. The molecule has 1 heterocycles. The molecule has 63 valence electrons. The highest BCUT2D eigenvalue weighted by atomic mass is 15.0. The summed E-state index contributed by atoms with van der Waals surface area (Å²) in [4.78, 5) is 11.7. The van der Waals surface area contributed by atoms with Gasteiger partial charge in [-0.1, -0.05) is 12.1 Å². The van der Waals surface area contributed by atoms with E-state index in [1.54, 1.807) is 6.07 Å². The number of rotatable bonds is 1. The van der Waals surface area contributed by atoms with Crippen molar-refractivity contribution in [3.63, 3.8) is 0 Å². The summed E-state index contributed by atoms with van der Waals surface area (Å²) in [5.41, 5.74) is 6.93. The SMILES string of the molecule is Nc1[c]c(-c2ncncn2)ccc1. The van der Waals surface area contributed by atoms with E-state index in [1.165, 1.54) is 12.7 Å². The zero-order valence-corrected chi connectivity index (χ0v) is 6.81. The minimum Gasteiger partial charge on any atom is -0.398 e. The molecular weight excluding hydrogens is 164 g/mol. The maximum atomic E-state index is 5.57. The highest BCUT2D eigenvalue weighted by molar-refractivity contribution is 5.59. The summed E-state index contributed by atoms with van der Waals surface area (Å²) in [5.74, 6) is 0.585. The average molecular weight is 171 g/mol. The molecule has 0 atom stereocenters. The van der Waals surface area contributed by atoms with E-state index in [1.807, 2.05) is 12.1 Å². The first-order valence-electron chi connectivity index (χ1n) is 3.76. The second kappa shape index (κ2) is 3.18. The largest absolute Gasteiger partial charge is 0.398 e. The van der Waals surface area contributed by atoms with Gasteiger partial charge in [0.2, 0.25) is 0 Å². The number of nitrogens with two attached hydrogens (primary N) is 1. The predicted octanol–water partition coefficient (Wildman–Crippen LogP) is 0.921. The van der Waals surface area contributed by atoms with Gasteiger partial charge in [-0.05, 0) is 6.07 Å². The van der Waals surface area contributed by atoms with Crippen LogP contribution in [0.4, 0.5) is 5.69 Å². The van der Waals surface area contributed by atoms with E-state index in [0.29, 0.717) is 11.5 Å². The Morgan fingerprint density at radius 3 is 2.62 bits per heavy atom. The quantitative estimate of drug-likeness (QED) is 0.648. The van der Waals surface area contributed by atoms with Gasteiger partial charge in [0.25, 0.3) is 0 Å².